The van der Waals surface area contributed by atoms with Crippen LogP contribution in [0, 0.1) is 0 Å². The molecule has 0 aromatic heterocycles. The Bertz CT molecular complexity index is 609. The molecule has 2 atom stereocenters. The summed E-state index contributed by atoms with van der Waals surface area (Å²) in [7, 11) is 0. The molecule has 0 fully saturated rings. The van der Waals surface area contributed by atoms with Gasteiger partial charge in [0.15, 0.2) is 0 Å². The molecule has 0 saturated heterocycles. The van der Waals surface area contributed by atoms with E-state index < -0.39 is 6.10 Å². The molecule has 0 saturated carbocycles. The third-order valence-electron chi connectivity index (χ3n) is 3.80. The van der Waals surface area contributed by atoms with Gasteiger partial charge in [0.05, 0.1) is 16.1 Å². The van der Waals surface area contributed by atoms with Gasteiger partial charge in [-0.15, -0.1) is 0 Å². The molecule has 2 aromatic carbocycles. The smallest absolute Gasteiger partial charge is 0.0796 e. The molecule has 0 bridgehead atoms. The van der Waals surface area contributed by atoms with Gasteiger partial charge in [-0.25, -0.2) is 0 Å². The van der Waals surface area contributed by atoms with Crippen molar-refractivity contribution in [3.05, 3.63) is 69.2 Å². The zero-order valence-corrected chi connectivity index (χ0v) is 11.8. The number of aliphatic hydroxyl groups is 1. The maximum absolute atomic E-state index is 10.3. The van der Waals surface area contributed by atoms with E-state index >= 15 is 0 Å². The molecule has 3 rings (SSSR count). The van der Waals surface area contributed by atoms with Crippen LogP contribution in [0.1, 0.15) is 35.1 Å². The number of hydrogen-bond donors (Lipinski definition) is 1. The van der Waals surface area contributed by atoms with Crippen molar-refractivity contribution in [1.29, 1.82) is 0 Å². The molecule has 98 valence electrons. The molecule has 2 unspecified atom stereocenters. The second-order valence-corrected chi connectivity index (χ2v) is 5.84. The van der Waals surface area contributed by atoms with Crippen LogP contribution in [0.4, 0.5) is 0 Å². The summed E-state index contributed by atoms with van der Waals surface area (Å²) in [6, 6.07) is 13.7. The van der Waals surface area contributed by atoms with Crippen molar-refractivity contribution in [1.82, 2.24) is 0 Å². The lowest BCUT2D eigenvalue weighted by atomic mass is 9.74. The lowest BCUT2D eigenvalue weighted by Crippen LogP contribution is -2.19. The number of hydrogen-bond acceptors (Lipinski definition) is 1. The van der Waals surface area contributed by atoms with E-state index in [0.29, 0.717) is 16.0 Å². The van der Waals surface area contributed by atoms with Crippen LogP contribution >= 0.6 is 23.2 Å². The predicted molar refractivity (Wildman–Crippen MR) is 78.9 cm³/mol. The zero-order chi connectivity index (χ0) is 13.4. The van der Waals surface area contributed by atoms with Gasteiger partial charge < -0.3 is 5.11 Å². The van der Waals surface area contributed by atoms with Crippen molar-refractivity contribution < 1.29 is 5.11 Å². The van der Waals surface area contributed by atoms with Crippen LogP contribution in [0.3, 0.4) is 0 Å². The summed E-state index contributed by atoms with van der Waals surface area (Å²) in [6.45, 7) is 0. The minimum atomic E-state index is -0.492. The zero-order valence-electron chi connectivity index (χ0n) is 10.3. The van der Waals surface area contributed by atoms with Gasteiger partial charge in [0.25, 0.3) is 0 Å². The van der Waals surface area contributed by atoms with Crippen LogP contribution in [0.15, 0.2) is 42.5 Å². The fourth-order valence-corrected chi connectivity index (χ4v) is 3.00. The van der Waals surface area contributed by atoms with Crippen molar-refractivity contribution in [3.8, 4) is 0 Å². The largest absolute Gasteiger partial charge is 0.388 e. The molecule has 2 aromatic rings. The monoisotopic (exact) mass is 292 g/mol. The van der Waals surface area contributed by atoms with Crippen LogP contribution in [-0.4, -0.2) is 5.11 Å². The van der Waals surface area contributed by atoms with E-state index in [9.17, 15) is 5.11 Å². The third kappa shape index (κ3) is 2.51. The van der Waals surface area contributed by atoms with Crippen molar-refractivity contribution in [2.75, 3.05) is 0 Å². The van der Waals surface area contributed by atoms with E-state index in [1.54, 1.807) is 12.1 Å². The SMILES string of the molecule is OC(CC1Cc2ccccc21)c1ccc(Cl)c(Cl)c1. The summed E-state index contributed by atoms with van der Waals surface area (Å²) in [5.41, 5.74) is 3.59. The van der Waals surface area contributed by atoms with Gasteiger partial charge >= 0.3 is 0 Å². The molecule has 0 aliphatic heterocycles. The molecule has 1 aliphatic carbocycles. The number of benzene rings is 2. The minimum Gasteiger partial charge on any atom is -0.388 e. The fourth-order valence-electron chi connectivity index (χ4n) is 2.70. The summed E-state index contributed by atoms with van der Waals surface area (Å²) in [4.78, 5) is 0. The molecule has 1 nitrogen and oxygen atoms in total. The predicted octanol–water partition coefficient (Wildman–Crippen LogP) is 4.76. The average molecular weight is 293 g/mol. The summed E-state index contributed by atoms with van der Waals surface area (Å²) in [5.74, 6) is 0.445. The van der Waals surface area contributed by atoms with E-state index in [-0.39, 0.29) is 0 Å². The van der Waals surface area contributed by atoms with E-state index in [1.165, 1.54) is 11.1 Å². The molecule has 0 radical (unpaired) electrons. The average Bonchev–Trinajstić information content (AvgIpc) is 2.39. The van der Waals surface area contributed by atoms with Crippen LogP contribution in [0.5, 0.6) is 0 Å². The van der Waals surface area contributed by atoms with Gasteiger partial charge in [-0.3, -0.25) is 0 Å². The van der Waals surface area contributed by atoms with Gasteiger partial charge in [0, 0.05) is 0 Å². The molecule has 0 heterocycles. The van der Waals surface area contributed by atoms with Crippen molar-refractivity contribution in [2.24, 2.45) is 0 Å². The van der Waals surface area contributed by atoms with Crippen LogP contribution in [0.25, 0.3) is 0 Å². The fraction of sp³-hybridized carbons (Fsp3) is 0.250. The second-order valence-electron chi connectivity index (χ2n) is 5.02. The van der Waals surface area contributed by atoms with E-state index in [1.807, 2.05) is 6.07 Å². The maximum Gasteiger partial charge on any atom is 0.0796 e. The Kier molecular flexibility index (Phi) is 3.53. The molecule has 0 spiro atoms. The highest BCUT2D eigenvalue weighted by atomic mass is 35.5. The van der Waals surface area contributed by atoms with Gasteiger partial charge in [-0.1, -0.05) is 53.5 Å². The summed E-state index contributed by atoms with van der Waals surface area (Å²) in [6.07, 6.45) is 1.29. The highest BCUT2D eigenvalue weighted by Gasteiger charge is 2.27. The molecular formula is C16H14Cl2O. The normalized spacial score (nSPS) is 18.6. The Hall–Kier alpha value is -1.02. The number of halogens is 2. The first-order valence-corrected chi connectivity index (χ1v) is 7.11. The number of rotatable bonds is 3. The first-order chi connectivity index (χ1) is 9.15. The van der Waals surface area contributed by atoms with E-state index in [4.69, 9.17) is 23.2 Å². The quantitative estimate of drug-likeness (QED) is 0.865. The van der Waals surface area contributed by atoms with Gasteiger partial charge in [-0.05, 0) is 47.6 Å². The molecule has 3 heteroatoms. The summed E-state index contributed by atoms with van der Waals surface area (Å²) in [5, 5.41) is 11.3. The Morgan fingerprint density at radius 2 is 1.89 bits per heavy atom. The second kappa shape index (κ2) is 5.16. The van der Waals surface area contributed by atoms with Gasteiger partial charge in [0.1, 0.15) is 0 Å². The van der Waals surface area contributed by atoms with Gasteiger partial charge in [0.2, 0.25) is 0 Å². The lowest BCUT2D eigenvalue weighted by Gasteiger charge is -2.31. The first kappa shape index (κ1) is 13.0. The standard InChI is InChI=1S/C16H14Cl2O/c17-14-6-5-11(8-15(14)18)16(19)9-12-7-10-3-1-2-4-13(10)12/h1-6,8,12,16,19H,7,9H2. The van der Waals surface area contributed by atoms with E-state index in [0.717, 1.165) is 18.4 Å². The molecule has 0 amide bonds. The highest BCUT2D eigenvalue weighted by molar-refractivity contribution is 6.42. The Balaban J connectivity index is 1.73. The lowest BCUT2D eigenvalue weighted by molar-refractivity contribution is 0.153. The highest BCUT2D eigenvalue weighted by Crippen LogP contribution is 2.41. The Morgan fingerprint density at radius 1 is 1.11 bits per heavy atom. The topological polar surface area (TPSA) is 20.2 Å². The van der Waals surface area contributed by atoms with Crippen molar-refractivity contribution in [2.45, 2.75) is 24.9 Å². The van der Waals surface area contributed by atoms with Crippen molar-refractivity contribution >= 4 is 23.2 Å². The Labute approximate surface area is 122 Å². The summed E-state index contributed by atoms with van der Waals surface area (Å²) >= 11 is 11.9. The van der Waals surface area contributed by atoms with Crippen LogP contribution < -0.4 is 0 Å². The van der Waals surface area contributed by atoms with Crippen LogP contribution in [-0.2, 0) is 6.42 Å². The Morgan fingerprint density at radius 3 is 2.63 bits per heavy atom. The number of fused-ring (bicyclic) bond motifs is 1. The molecule has 19 heavy (non-hydrogen) atoms. The number of aliphatic hydroxyl groups excluding tert-OH is 1. The minimum absolute atomic E-state index is 0.445. The summed E-state index contributed by atoms with van der Waals surface area (Å²) < 4.78 is 0. The molecule has 1 aliphatic rings. The molecule has 1 N–H and O–H groups in total. The first-order valence-electron chi connectivity index (χ1n) is 6.36. The van der Waals surface area contributed by atoms with Crippen LogP contribution in [0.2, 0.25) is 10.0 Å². The third-order valence-corrected chi connectivity index (χ3v) is 4.54. The maximum atomic E-state index is 10.3. The van der Waals surface area contributed by atoms with E-state index in [2.05, 4.69) is 24.3 Å². The molecular weight excluding hydrogens is 279 g/mol. The van der Waals surface area contributed by atoms with Gasteiger partial charge in [-0.2, -0.15) is 0 Å². The van der Waals surface area contributed by atoms with Crippen molar-refractivity contribution in [3.63, 3.8) is 0 Å².